The zero-order chi connectivity index (χ0) is 16.2. The monoisotopic (exact) mass is 395 g/mol. The average Bonchev–Trinajstić information content (AvgIpc) is 2.71. The van der Waals surface area contributed by atoms with Gasteiger partial charge in [-0.25, -0.2) is 0 Å². The summed E-state index contributed by atoms with van der Waals surface area (Å²) in [6.07, 6.45) is -2.46. The molecule has 144 valence electrons. The molecule has 10 heteroatoms. The number of carbonyl (C=O) groups excluding carboxylic acids is 1. The van der Waals surface area contributed by atoms with Crippen molar-refractivity contribution in [1.29, 1.82) is 0 Å². The summed E-state index contributed by atoms with van der Waals surface area (Å²) >= 11 is 0. The fourth-order valence-corrected chi connectivity index (χ4v) is 3.19. The molecule has 0 saturated carbocycles. The van der Waals surface area contributed by atoms with Gasteiger partial charge in [-0.1, -0.05) is 0 Å². The van der Waals surface area contributed by atoms with Crippen LogP contribution in [0.15, 0.2) is 0 Å². The van der Waals surface area contributed by atoms with Crippen LogP contribution in [0.4, 0.5) is 13.2 Å². The van der Waals surface area contributed by atoms with Crippen LogP contribution in [-0.2, 0) is 9.53 Å². The van der Waals surface area contributed by atoms with E-state index < -0.39 is 18.1 Å². The molecule has 0 aromatic carbocycles. The molecule has 5 nitrogen and oxygen atoms in total. The summed E-state index contributed by atoms with van der Waals surface area (Å²) in [5, 5.41) is 0. The topological polar surface area (TPSA) is 58.8 Å². The van der Waals surface area contributed by atoms with Crippen molar-refractivity contribution in [1.82, 2.24) is 9.80 Å². The Balaban J connectivity index is 0.00000264. The normalized spacial score (nSPS) is 22.1. The van der Waals surface area contributed by atoms with Gasteiger partial charge in [0.1, 0.15) is 0 Å². The Morgan fingerprint density at radius 2 is 1.71 bits per heavy atom. The highest BCUT2D eigenvalue weighted by atomic mass is 35.5. The second-order valence-electron chi connectivity index (χ2n) is 6.13. The molecule has 0 unspecified atom stereocenters. The summed E-state index contributed by atoms with van der Waals surface area (Å²) in [7, 11) is 0. The zero-order valence-corrected chi connectivity index (χ0v) is 15.1. The lowest BCUT2D eigenvalue weighted by atomic mass is 9.79. The van der Waals surface area contributed by atoms with Gasteiger partial charge in [0.25, 0.3) is 0 Å². The highest BCUT2D eigenvalue weighted by Gasteiger charge is 2.42. The predicted molar refractivity (Wildman–Crippen MR) is 89.7 cm³/mol. The Bertz CT molecular complexity index is 394. The molecule has 0 spiro atoms. The largest absolute Gasteiger partial charge is 0.401 e. The third-order valence-corrected chi connectivity index (χ3v) is 4.57. The molecule has 0 aromatic heterocycles. The van der Waals surface area contributed by atoms with Crippen LogP contribution in [0.1, 0.15) is 19.3 Å². The van der Waals surface area contributed by atoms with Crippen LogP contribution in [0.5, 0.6) is 0 Å². The SMILES string of the molecule is Cl.Cl.NCC1(C(=O)N2CCCN(CC(F)(F)F)CC2)CCOCC1. The fraction of sp³-hybridized carbons (Fsp3) is 0.929. The van der Waals surface area contributed by atoms with E-state index in [0.29, 0.717) is 52.1 Å². The number of rotatable bonds is 3. The predicted octanol–water partition coefficient (Wildman–Crippen LogP) is 1.68. The summed E-state index contributed by atoms with van der Waals surface area (Å²) in [6.45, 7) is 1.81. The smallest absolute Gasteiger partial charge is 0.381 e. The molecule has 2 heterocycles. The first-order valence-electron chi connectivity index (χ1n) is 7.73. The minimum Gasteiger partial charge on any atom is -0.381 e. The van der Waals surface area contributed by atoms with Crippen molar-refractivity contribution in [3.05, 3.63) is 0 Å². The molecular weight excluding hydrogens is 370 g/mol. The molecule has 0 bridgehead atoms. The molecule has 2 saturated heterocycles. The van der Waals surface area contributed by atoms with Gasteiger partial charge >= 0.3 is 6.18 Å². The summed E-state index contributed by atoms with van der Waals surface area (Å²) in [5.74, 6) is -0.0211. The van der Waals surface area contributed by atoms with Crippen molar-refractivity contribution in [3.63, 3.8) is 0 Å². The van der Waals surface area contributed by atoms with E-state index in [4.69, 9.17) is 10.5 Å². The molecule has 2 aliphatic rings. The maximum Gasteiger partial charge on any atom is 0.401 e. The van der Waals surface area contributed by atoms with Crippen molar-refractivity contribution in [2.75, 3.05) is 52.5 Å². The van der Waals surface area contributed by atoms with Crippen molar-refractivity contribution in [2.24, 2.45) is 11.1 Å². The number of hydrogen-bond acceptors (Lipinski definition) is 4. The maximum atomic E-state index is 12.8. The van der Waals surface area contributed by atoms with E-state index in [1.165, 1.54) is 4.90 Å². The summed E-state index contributed by atoms with van der Waals surface area (Å²) in [5.41, 5.74) is 5.23. The van der Waals surface area contributed by atoms with Crippen LogP contribution >= 0.6 is 24.8 Å². The van der Waals surface area contributed by atoms with Crippen LogP contribution in [-0.4, -0.2) is 74.4 Å². The first-order valence-corrected chi connectivity index (χ1v) is 7.73. The third kappa shape index (κ3) is 6.22. The molecule has 0 radical (unpaired) electrons. The molecule has 2 N–H and O–H groups in total. The maximum absolute atomic E-state index is 12.8. The lowest BCUT2D eigenvalue weighted by Gasteiger charge is -2.38. The first kappa shape index (κ1) is 23.7. The molecule has 0 aromatic rings. The number of alkyl halides is 3. The molecule has 2 rings (SSSR count). The quantitative estimate of drug-likeness (QED) is 0.789. The fourth-order valence-electron chi connectivity index (χ4n) is 3.19. The van der Waals surface area contributed by atoms with E-state index in [1.807, 2.05) is 0 Å². The van der Waals surface area contributed by atoms with Gasteiger partial charge in [-0.3, -0.25) is 9.69 Å². The van der Waals surface area contributed by atoms with Crippen LogP contribution in [0.2, 0.25) is 0 Å². The minimum atomic E-state index is -4.20. The lowest BCUT2D eigenvalue weighted by molar-refractivity contribution is -0.148. The third-order valence-electron chi connectivity index (χ3n) is 4.57. The van der Waals surface area contributed by atoms with E-state index >= 15 is 0 Å². The number of ether oxygens (including phenoxy) is 1. The van der Waals surface area contributed by atoms with E-state index in [9.17, 15) is 18.0 Å². The van der Waals surface area contributed by atoms with Crippen molar-refractivity contribution < 1.29 is 22.7 Å². The van der Waals surface area contributed by atoms with E-state index in [2.05, 4.69) is 0 Å². The Morgan fingerprint density at radius 1 is 1.08 bits per heavy atom. The van der Waals surface area contributed by atoms with Gasteiger partial charge in [-0.2, -0.15) is 13.2 Å². The Labute approximate surface area is 152 Å². The second-order valence-corrected chi connectivity index (χ2v) is 6.13. The lowest BCUT2D eigenvalue weighted by Crippen LogP contribution is -2.51. The summed E-state index contributed by atoms with van der Waals surface area (Å²) < 4.78 is 42.7. The number of carbonyl (C=O) groups is 1. The van der Waals surface area contributed by atoms with Crippen LogP contribution in [0.3, 0.4) is 0 Å². The number of hydrogen-bond donors (Lipinski definition) is 1. The molecule has 2 aliphatic heterocycles. The molecule has 0 aliphatic carbocycles. The molecule has 2 fully saturated rings. The highest BCUT2D eigenvalue weighted by molar-refractivity contribution is 5.85. The second kappa shape index (κ2) is 10.0. The summed E-state index contributed by atoms with van der Waals surface area (Å²) in [4.78, 5) is 15.9. The van der Waals surface area contributed by atoms with Crippen molar-refractivity contribution in [2.45, 2.75) is 25.4 Å². The highest BCUT2D eigenvalue weighted by Crippen LogP contribution is 2.32. The standard InChI is InChI=1S/C14H24F3N3O2.2ClH/c15-14(16,17)11-19-4-1-5-20(7-6-19)12(21)13(10-18)2-8-22-9-3-13;;/h1-11,18H2;2*1H. The number of nitrogens with zero attached hydrogens (tertiary/aromatic N) is 2. The number of amides is 1. The van der Waals surface area contributed by atoms with Crippen molar-refractivity contribution in [3.8, 4) is 0 Å². The Kier molecular flexibility index (Phi) is 9.89. The zero-order valence-electron chi connectivity index (χ0n) is 13.5. The van der Waals surface area contributed by atoms with Gasteiger partial charge in [0, 0.05) is 45.9 Å². The summed E-state index contributed by atoms with van der Waals surface area (Å²) in [6, 6.07) is 0. The first-order chi connectivity index (χ1) is 10.4. The molecule has 1 amide bonds. The van der Waals surface area contributed by atoms with E-state index in [-0.39, 0.29) is 43.8 Å². The van der Waals surface area contributed by atoms with Crippen LogP contribution in [0.25, 0.3) is 0 Å². The molecular formula is C14H26Cl2F3N3O2. The molecule has 0 atom stereocenters. The van der Waals surface area contributed by atoms with Crippen LogP contribution in [0, 0.1) is 5.41 Å². The number of nitrogens with two attached hydrogens (primary N) is 1. The van der Waals surface area contributed by atoms with Gasteiger partial charge in [0.2, 0.25) is 5.91 Å². The average molecular weight is 396 g/mol. The minimum absolute atomic E-state index is 0. The molecule has 24 heavy (non-hydrogen) atoms. The Hall–Kier alpha value is -0.280. The van der Waals surface area contributed by atoms with Gasteiger partial charge in [-0.15, -0.1) is 24.8 Å². The van der Waals surface area contributed by atoms with Gasteiger partial charge in [-0.05, 0) is 19.3 Å². The number of halogens is 5. The Morgan fingerprint density at radius 3 is 2.25 bits per heavy atom. The van der Waals surface area contributed by atoms with E-state index in [0.717, 1.165) is 0 Å². The van der Waals surface area contributed by atoms with Crippen molar-refractivity contribution >= 4 is 30.7 Å². The van der Waals surface area contributed by atoms with Crippen LogP contribution < -0.4 is 5.73 Å². The van der Waals surface area contributed by atoms with Gasteiger partial charge in [0.05, 0.1) is 12.0 Å². The van der Waals surface area contributed by atoms with E-state index in [1.54, 1.807) is 4.90 Å². The van der Waals surface area contributed by atoms with Gasteiger partial charge in [0.15, 0.2) is 0 Å². The van der Waals surface area contributed by atoms with Gasteiger partial charge < -0.3 is 15.4 Å².